The van der Waals surface area contributed by atoms with Crippen LogP contribution in [0.3, 0.4) is 0 Å². The highest BCUT2D eigenvalue weighted by atomic mass is 35.5. The lowest BCUT2D eigenvalue weighted by atomic mass is 9.94. The minimum atomic E-state index is -4.42. The molecule has 2 aromatic carbocycles. The molecule has 1 N–H and O–H groups in total. The van der Waals surface area contributed by atoms with Crippen molar-refractivity contribution >= 4 is 17.7 Å². The number of halogens is 4. The first-order chi connectivity index (χ1) is 10.7. The van der Waals surface area contributed by atoms with Crippen molar-refractivity contribution in [2.75, 3.05) is 0 Å². The highest BCUT2D eigenvalue weighted by molar-refractivity contribution is 6.31. The second kappa shape index (κ2) is 6.67. The molecule has 2 rings (SSSR count). The Morgan fingerprint density at radius 2 is 1.70 bits per heavy atom. The molecule has 0 saturated carbocycles. The predicted octanol–water partition coefficient (Wildman–Crippen LogP) is 6.02. The van der Waals surface area contributed by atoms with E-state index in [1.54, 1.807) is 26.0 Å². The van der Waals surface area contributed by atoms with Gasteiger partial charge in [-0.2, -0.15) is 13.2 Å². The Labute approximate surface area is 138 Å². The van der Waals surface area contributed by atoms with Crippen molar-refractivity contribution in [1.82, 2.24) is 0 Å². The van der Waals surface area contributed by atoms with Crippen LogP contribution < -0.4 is 0 Å². The molecule has 0 aliphatic carbocycles. The van der Waals surface area contributed by atoms with E-state index in [0.717, 1.165) is 17.2 Å². The summed E-state index contributed by atoms with van der Waals surface area (Å²) in [5.74, 6) is -1.68. The fourth-order valence-corrected chi connectivity index (χ4v) is 2.50. The molecule has 122 valence electrons. The number of rotatable bonds is 3. The third-order valence-electron chi connectivity index (χ3n) is 3.71. The van der Waals surface area contributed by atoms with Crippen LogP contribution in [0.4, 0.5) is 13.2 Å². The Morgan fingerprint density at radius 1 is 1.09 bits per heavy atom. The summed E-state index contributed by atoms with van der Waals surface area (Å²) in [4.78, 5) is 0. The summed E-state index contributed by atoms with van der Waals surface area (Å²) in [5, 5.41) is 9.54. The quantitative estimate of drug-likeness (QED) is 0.724. The van der Waals surface area contributed by atoms with Gasteiger partial charge in [-0.3, -0.25) is 0 Å². The number of phenolic OH excluding ortho intramolecular Hbond substituents is 1. The van der Waals surface area contributed by atoms with E-state index >= 15 is 0 Å². The number of phenols is 1. The number of benzene rings is 2. The molecule has 0 fully saturated rings. The lowest BCUT2D eigenvalue weighted by molar-refractivity contribution is -0.139. The summed E-state index contributed by atoms with van der Waals surface area (Å²) in [6, 6.07) is 8.83. The first-order valence-corrected chi connectivity index (χ1v) is 7.37. The summed E-state index contributed by atoms with van der Waals surface area (Å²) < 4.78 is 40.2. The maximum absolute atomic E-state index is 13.4. The van der Waals surface area contributed by atoms with Gasteiger partial charge in [-0.25, -0.2) is 0 Å². The zero-order valence-corrected chi connectivity index (χ0v) is 13.4. The van der Waals surface area contributed by atoms with Crippen molar-refractivity contribution in [3.05, 3.63) is 69.8 Å². The Hall–Kier alpha value is -1.94. The Bertz CT molecular complexity index is 695. The van der Waals surface area contributed by atoms with E-state index in [1.807, 2.05) is 0 Å². The van der Waals surface area contributed by atoms with E-state index in [2.05, 4.69) is 0 Å². The molecule has 0 aliphatic heterocycles. The van der Waals surface area contributed by atoms with Crippen molar-refractivity contribution in [2.45, 2.75) is 25.9 Å². The number of aromatic hydroxyl groups is 1. The molecule has 0 aromatic heterocycles. The van der Waals surface area contributed by atoms with Gasteiger partial charge in [0.2, 0.25) is 0 Å². The molecule has 2 aromatic rings. The molecule has 0 bridgehead atoms. The summed E-state index contributed by atoms with van der Waals surface area (Å²) in [6.45, 7) is 3.51. The van der Waals surface area contributed by atoms with Gasteiger partial charge in [0.05, 0.1) is 5.92 Å². The predicted molar refractivity (Wildman–Crippen MR) is 86.9 cm³/mol. The van der Waals surface area contributed by atoms with Gasteiger partial charge in [-0.15, -0.1) is 0 Å². The molecule has 23 heavy (non-hydrogen) atoms. The lowest BCUT2D eigenvalue weighted by Crippen LogP contribution is -2.19. The molecule has 0 aliphatic rings. The van der Waals surface area contributed by atoms with Crippen molar-refractivity contribution in [2.24, 2.45) is 0 Å². The minimum Gasteiger partial charge on any atom is -0.508 e. The molecular weight excluding hydrogens is 325 g/mol. The standard InChI is InChI=1S/C18H16ClF3O/c1-11-9-14(10-17(19)12(11)2)16(18(20,21)22)8-5-13-3-6-15(23)7-4-13/h3-10,16,23H,1-2H3/b8-5+. The molecule has 0 amide bonds. The Kier molecular flexibility index (Phi) is 5.05. The first-order valence-electron chi connectivity index (χ1n) is 6.99. The Balaban J connectivity index is 2.40. The second-order valence-corrected chi connectivity index (χ2v) is 5.82. The molecule has 0 saturated heterocycles. The SMILES string of the molecule is Cc1cc(C(/C=C/c2ccc(O)cc2)C(F)(F)F)cc(Cl)c1C. The van der Waals surface area contributed by atoms with Gasteiger partial charge in [0.25, 0.3) is 0 Å². The molecule has 0 radical (unpaired) electrons. The van der Waals surface area contributed by atoms with Crippen LogP contribution in [0.2, 0.25) is 5.02 Å². The van der Waals surface area contributed by atoms with Crippen LogP contribution in [0, 0.1) is 13.8 Å². The smallest absolute Gasteiger partial charge is 0.399 e. The molecular formula is C18H16ClF3O. The van der Waals surface area contributed by atoms with E-state index < -0.39 is 12.1 Å². The maximum Gasteiger partial charge on any atom is 0.399 e. The van der Waals surface area contributed by atoms with Crippen LogP contribution >= 0.6 is 11.6 Å². The zero-order valence-electron chi connectivity index (χ0n) is 12.7. The number of hydrogen-bond donors (Lipinski definition) is 1. The normalized spacial score (nSPS) is 13.5. The molecule has 0 heterocycles. The third-order valence-corrected chi connectivity index (χ3v) is 4.10. The molecule has 5 heteroatoms. The highest BCUT2D eigenvalue weighted by Gasteiger charge is 2.39. The molecule has 1 atom stereocenters. The van der Waals surface area contributed by atoms with E-state index in [4.69, 9.17) is 11.6 Å². The zero-order chi connectivity index (χ0) is 17.2. The molecule has 1 nitrogen and oxygen atoms in total. The topological polar surface area (TPSA) is 20.2 Å². The van der Waals surface area contributed by atoms with Crippen molar-refractivity contribution < 1.29 is 18.3 Å². The summed E-state index contributed by atoms with van der Waals surface area (Å²) >= 11 is 6.03. The van der Waals surface area contributed by atoms with Crippen molar-refractivity contribution in [3.63, 3.8) is 0 Å². The average Bonchev–Trinajstić information content (AvgIpc) is 2.45. The van der Waals surface area contributed by atoms with Gasteiger partial charge in [0.1, 0.15) is 5.75 Å². The van der Waals surface area contributed by atoms with E-state index in [-0.39, 0.29) is 11.3 Å². The van der Waals surface area contributed by atoms with Crippen molar-refractivity contribution in [1.29, 1.82) is 0 Å². The van der Waals surface area contributed by atoms with Gasteiger partial charge in [-0.1, -0.05) is 42.0 Å². The number of hydrogen-bond acceptors (Lipinski definition) is 1. The van der Waals surface area contributed by atoms with Crippen LogP contribution in [0.5, 0.6) is 5.75 Å². The van der Waals surface area contributed by atoms with Gasteiger partial charge in [0.15, 0.2) is 0 Å². The lowest BCUT2D eigenvalue weighted by Gasteiger charge is -2.19. The third kappa shape index (κ3) is 4.29. The largest absolute Gasteiger partial charge is 0.508 e. The number of alkyl halides is 3. The van der Waals surface area contributed by atoms with Crippen LogP contribution in [0.1, 0.15) is 28.2 Å². The second-order valence-electron chi connectivity index (χ2n) is 5.41. The van der Waals surface area contributed by atoms with E-state index in [9.17, 15) is 18.3 Å². The van der Waals surface area contributed by atoms with Crippen LogP contribution in [0.15, 0.2) is 42.5 Å². The monoisotopic (exact) mass is 340 g/mol. The summed E-state index contributed by atoms with van der Waals surface area (Å²) in [5.41, 5.74) is 2.19. The van der Waals surface area contributed by atoms with E-state index in [0.29, 0.717) is 10.6 Å². The van der Waals surface area contributed by atoms with Crippen molar-refractivity contribution in [3.8, 4) is 5.75 Å². The van der Waals surface area contributed by atoms with Gasteiger partial charge in [-0.05, 0) is 54.3 Å². The van der Waals surface area contributed by atoms with Gasteiger partial charge in [0, 0.05) is 5.02 Å². The molecule has 0 spiro atoms. The van der Waals surface area contributed by atoms with Gasteiger partial charge >= 0.3 is 6.18 Å². The maximum atomic E-state index is 13.4. The van der Waals surface area contributed by atoms with Crippen LogP contribution in [0.25, 0.3) is 6.08 Å². The number of aryl methyl sites for hydroxylation is 1. The van der Waals surface area contributed by atoms with Crippen LogP contribution in [-0.2, 0) is 0 Å². The summed E-state index contributed by atoms with van der Waals surface area (Å²) in [6.07, 6.45) is -1.92. The first kappa shape index (κ1) is 17.4. The Morgan fingerprint density at radius 3 is 2.22 bits per heavy atom. The van der Waals surface area contributed by atoms with Gasteiger partial charge < -0.3 is 5.11 Å². The fourth-order valence-electron chi connectivity index (χ4n) is 2.22. The average molecular weight is 341 g/mol. The van der Waals surface area contributed by atoms with E-state index in [1.165, 1.54) is 30.3 Å². The molecule has 1 unspecified atom stereocenters. The minimum absolute atomic E-state index is 0.0652. The van der Waals surface area contributed by atoms with Crippen LogP contribution in [-0.4, -0.2) is 11.3 Å². The summed E-state index contributed by atoms with van der Waals surface area (Å²) in [7, 11) is 0. The highest BCUT2D eigenvalue weighted by Crippen LogP contribution is 2.38. The number of allylic oxidation sites excluding steroid dienone is 1. The fraction of sp³-hybridized carbons (Fsp3) is 0.222.